The summed E-state index contributed by atoms with van der Waals surface area (Å²) in [7, 11) is 0. The van der Waals surface area contributed by atoms with E-state index in [1.54, 1.807) is 0 Å². The molecule has 1 aliphatic rings. The maximum atomic E-state index is 13.1. The average molecular weight is 426 g/mol. The van der Waals surface area contributed by atoms with Gasteiger partial charge in [-0.3, -0.25) is 4.79 Å². The minimum Gasteiger partial charge on any atom is -0.331 e. The number of carbonyl (C=O) groups is 1. The van der Waals surface area contributed by atoms with Crippen LogP contribution in [0.25, 0.3) is 11.0 Å². The van der Waals surface area contributed by atoms with Gasteiger partial charge in [-0.05, 0) is 55.5 Å². The number of hydrogen-bond acceptors (Lipinski definition) is 2. The Morgan fingerprint density at radius 2 is 2.04 bits per heavy atom. The van der Waals surface area contributed by atoms with Crippen LogP contribution in [0.2, 0.25) is 0 Å². The van der Waals surface area contributed by atoms with Gasteiger partial charge in [0.25, 0.3) is 5.91 Å². The molecule has 0 atom stereocenters. The van der Waals surface area contributed by atoms with E-state index >= 15 is 0 Å². The molecule has 1 fully saturated rings. The van der Waals surface area contributed by atoms with Gasteiger partial charge in [-0.25, -0.2) is 4.98 Å². The zero-order valence-electron chi connectivity index (χ0n) is 15.6. The van der Waals surface area contributed by atoms with E-state index in [2.05, 4.69) is 45.6 Å². The van der Waals surface area contributed by atoms with Crippen molar-refractivity contribution in [2.75, 3.05) is 6.54 Å². The van der Waals surface area contributed by atoms with Crippen LogP contribution in [0.5, 0.6) is 0 Å². The summed E-state index contributed by atoms with van der Waals surface area (Å²) in [5.41, 5.74) is 2.90. The highest BCUT2D eigenvalue weighted by molar-refractivity contribution is 9.10. The van der Waals surface area contributed by atoms with Crippen molar-refractivity contribution in [2.45, 2.75) is 39.3 Å². The smallest absolute Gasteiger partial charge is 0.254 e. The maximum absolute atomic E-state index is 13.1. The molecule has 0 N–H and O–H groups in total. The zero-order valence-corrected chi connectivity index (χ0v) is 17.2. The summed E-state index contributed by atoms with van der Waals surface area (Å²) >= 11 is 3.47. The van der Waals surface area contributed by atoms with Crippen LogP contribution in [-0.4, -0.2) is 26.9 Å². The lowest BCUT2D eigenvalue weighted by molar-refractivity contribution is 0.0737. The van der Waals surface area contributed by atoms with E-state index in [0.29, 0.717) is 12.1 Å². The van der Waals surface area contributed by atoms with Crippen LogP contribution in [0, 0.1) is 5.92 Å². The summed E-state index contributed by atoms with van der Waals surface area (Å²) in [5.74, 6) is 1.80. The minimum absolute atomic E-state index is 0.0585. The number of imidazole rings is 1. The van der Waals surface area contributed by atoms with Gasteiger partial charge in [0.1, 0.15) is 5.82 Å². The Labute approximate surface area is 168 Å². The SMILES string of the molecule is CCCN(Cc1nc2ccccc2n1CC1CC1)C(=O)c1cccc(Br)c1. The van der Waals surface area contributed by atoms with E-state index in [0.717, 1.165) is 41.2 Å². The second-order valence-electron chi connectivity index (χ2n) is 7.31. The van der Waals surface area contributed by atoms with Crippen molar-refractivity contribution in [1.29, 1.82) is 0 Å². The molecule has 0 radical (unpaired) electrons. The molecule has 1 aromatic heterocycles. The monoisotopic (exact) mass is 425 g/mol. The van der Waals surface area contributed by atoms with Gasteiger partial charge < -0.3 is 9.47 Å². The van der Waals surface area contributed by atoms with E-state index < -0.39 is 0 Å². The Morgan fingerprint density at radius 3 is 2.78 bits per heavy atom. The number of fused-ring (bicyclic) bond motifs is 1. The molecule has 0 saturated heterocycles. The van der Waals surface area contributed by atoms with Crippen LogP contribution in [-0.2, 0) is 13.1 Å². The first-order chi connectivity index (χ1) is 13.2. The van der Waals surface area contributed by atoms with E-state index in [-0.39, 0.29) is 5.91 Å². The molecular formula is C22H24BrN3O. The standard InChI is InChI=1S/C22H24BrN3O/c1-2-12-25(22(27)17-6-5-7-18(23)13-17)15-21-24-19-8-3-4-9-20(19)26(21)14-16-10-11-16/h3-9,13,16H,2,10-12,14-15H2,1H3. The molecule has 140 valence electrons. The number of halogens is 1. The molecular weight excluding hydrogens is 402 g/mol. The number of amides is 1. The van der Waals surface area contributed by atoms with Crippen LogP contribution in [0.1, 0.15) is 42.4 Å². The number of nitrogens with zero attached hydrogens (tertiary/aromatic N) is 3. The molecule has 1 amide bonds. The van der Waals surface area contributed by atoms with Gasteiger partial charge in [-0.2, -0.15) is 0 Å². The molecule has 4 nitrogen and oxygen atoms in total. The zero-order chi connectivity index (χ0) is 18.8. The highest BCUT2D eigenvalue weighted by atomic mass is 79.9. The second kappa shape index (κ2) is 7.85. The number of para-hydroxylation sites is 2. The third kappa shape index (κ3) is 4.08. The third-order valence-corrected chi connectivity index (χ3v) is 5.55. The van der Waals surface area contributed by atoms with Crippen molar-refractivity contribution in [2.24, 2.45) is 5.92 Å². The van der Waals surface area contributed by atoms with Gasteiger partial charge in [0.2, 0.25) is 0 Å². The van der Waals surface area contributed by atoms with Gasteiger partial charge in [0.05, 0.1) is 17.6 Å². The van der Waals surface area contributed by atoms with Gasteiger partial charge in [-0.15, -0.1) is 0 Å². The van der Waals surface area contributed by atoms with Gasteiger partial charge in [-0.1, -0.05) is 41.1 Å². The fourth-order valence-electron chi connectivity index (χ4n) is 3.51. The quantitative estimate of drug-likeness (QED) is 0.517. The molecule has 27 heavy (non-hydrogen) atoms. The lowest BCUT2D eigenvalue weighted by Crippen LogP contribution is -2.32. The number of hydrogen-bond donors (Lipinski definition) is 0. The first-order valence-electron chi connectivity index (χ1n) is 9.64. The Bertz CT molecular complexity index is 961. The normalized spacial score (nSPS) is 13.9. The van der Waals surface area contributed by atoms with E-state index in [9.17, 15) is 4.79 Å². The topological polar surface area (TPSA) is 38.1 Å². The van der Waals surface area contributed by atoms with Crippen molar-refractivity contribution >= 4 is 32.9 Å². The summed E-state index contributed by atoms with van der Waals surface area (Å²) in [6, 6.07) is 15.9. The summed E-state index contributed by atoms with van der Waals surface area (Å²) in [6.07, 6.45) is 3.51. The van der Waals surface area contributed by atoms with Crippen molar-refractivity contribution in [3.8, 4) is 0 Å². The Balaban J connectivity index is 1.66. The third-order valence-electron chi connectivity index (χ3n) is 5.06. The van der Waals surface area contributed by atoms with Gasteiger partial charge in [0, 0.05) is 23.1 Å². The van der Waals surface area contributed by atoms with Crippen LogP contribution in [0.15, 0.2) is 53.0 Å². The predicted octanol–water partition coefficient (Wildman–Crippen LogP) is 5.26. The van der Waals surface area contributed by atoms with Gasteiger partial charge in [0.15, 0.2) is 0 Å². The molecule has 3 aromatic rings. The highest BCUT2D eigenvalue weighted by Crippen LogP contribution is 2.32. The lowest BCUT2D eigenvalue weighted by atomic mass is 10.2. The number of aromatic nitrogens is 2. The van der Waals surface area contributed by atoms with Crippen LogP contribution >= 0.6 is 15.9 Å². The van der Waals surface area contributed by atoms with Crippen molar-refractivity contribution in [3.05, 3.63) is 64.4 Å². The Morgan fingerprint density at radius 1 is 1.22 bits per heavy atom. The molecule has 1 aliphatic carbocycles. The molecule has 0 aliphatic heterocycles. The summed E-state index contributed by atoms with van der Waals surface area (Å²) in [6.45, 7) is 4.37. The average Bonchev–Trinajstić information content (AvgIpc) is 3.43. The van der Waals surface area contributed by atoms with Crippen LogP contribution in [0.4, 0.5) is 0 Å². The van der Waals surface area contributed by atoms with E-state index in [1.165, 1.54) is 18.4 Å². The van der Waals surface area contributed by atoms with Crippen LogP contribution < -0.4 is 0 Å². The maximum Gasteiger partial charge on any atom is 0.254 e. The molecule has 2 aromatic carbocycles. The van der Waals surface area contributed by atoms with E-state index in [4.69, 9.17) is 4.98 Å². The molecule has 0 unspecified atom stereocenters. The summed E-state index contributed by atoms with van der Waals surface area (Å²) < 4.78 is 3.25. The Hall–Kier alpha value is -2.14. The highest BCUT2D eigenvalue weighted by Gasteiger charge is 2.25. The molecule has 4 rings (SSSR count). The fourth-order valence-corrected chi connectivity index (χ4v) is 3.90. The first kappa shape index (κ1) is 18.2. The molecule has 1 saturated carbocycles. The van der Waals surface area contributed by atoms with Crippen molar-refractivity contribution in [3.63, 3.8) is 0 Å². The molecule has 0 spiro atoms. The fraction of sp³-hybridized carbons (Fsp3) is 0.364. The number of benzene rings is 2. The molecule has 0 bridgehead atoms. The minimum atomic E-state index is 0.0585. The van der Waals surface area contributed by atoms with Crippen LogP contribution in [0.3, 0.4) is 0 Å². The molecule has 5 heteroatoms. The van der Waals surface area contributed by atoms with Crippen molar-refractivity contribution in [1.82, 2.24) is 14.5 Å². The largest absolute Gasteiger partial charge is 0.331 e. The second-order valence-corrected chi connectivity index (χ2v) is 8.22. The number of carbonyl (C=O) groups excluding carboxylic acids is 1. The lowest BCUT2D eigenvalue weighted by Gasteiger charge is -2.22. The first-order valence-corrected chi connectivity index (χ1v) is 10.4. The molecule has 1 heterocycles. The number of rotatable bonds is 7. The van der Waals surface area contributed by atoms with E-state index in [1.807, 2.05) is 35.2 Å². The van der Waals surface area contributed by atoms with Crippen molar-refractivity contribution < 1.29 is 4.79 Å². The van der Waals surface area contributed by atoms with Gasteiger partial charge >= 0.3 is 0 Å². The predicted molar refractivity (Wildman–Crippen MR) is 112 cm³/mol. The summed E-state index contributed by atoms with van der Waals surface area (Å²) in [4.78, 5) is 19.9. The summed E-state index contributed by atoms with van der Waals surface area (Å²) in [5, 5.41) is 0. The Kier molecular flexibility index (Phi) is 5.30.